The topological polar surface area (TPSA) is 80.3 Å². The summed E-state index contributed by atoms with van der Waals surface area (Å²) >= 11 is 0.149. The molecule has 0 saturated carbocycles. The third-order valence-corrected chi connectivity index (χ3v) is 7.92. The van der Waals surface area contributed by atoms with Crippen LogP contribution in [0.2, 0.25) is 8.87 Å². The molecule has 0 fully saturated rings. The van der Waals surface area contributed by atoms with Crippen LogP contribution in [0, 0.1) is 0 Å². The van der Waals surface area contributed by atoms with Crippen molar-refractivity contribution in [3.8, 4) is 0 Å². The number of hydrogen-bond acceptors (Lipinski definition) is 4. The summed E-state index contributed by atoms with van der Waals surface area (Å²) in [5.41, 5.74) is 0. The van der Waals surface area contributed by atoms with Crippen LogP contribution in [0.5, 0.6) is 0 Å². The molecule has 4 nitrogen and oxygen atoms in total. The van der Waals surface area contributed by atoms with E-state index in [1.165, 1.54) is 25.7 Å². The molecule has 27 heavy (non-hydrogen) atoms. The third kappa shape index (κ3) is 46.1. The van der Waals surface area contributed by atoms with Gasteiger partial charge < -0.3 is 19.8 Å². The van der Waals surface area contributed by atoms with Gasteiger partial charge in [-0.15, -0.1) is 0 Å². The van der Waals surface area contributed by atoms with Crippen molar-refractivity contribution < 1.29 is 19.8 Å². The maximum absolute atomic E-state index is 9.85. The zero-order chi connectivity index (χ0) is 21.2. The van der Waals surface area contributed by atoms with Gasteiger partial charge in [0.15, 0.2) is 0 Å². The van der Waals surface area contributed by atoms with Gasteiger partial charge in [0.25, 0.3) is 0 Å². The fraction of sp³-hybridized carbons (Fsp3) is 0.909. The van der Waals surface area contributed by atoms with Crippen LogP contribution >= 0.6 is 0 Å². The van der Waals surface area contributed by atoms with E-state index in [9.17, 15) is 19.8 Å². The molecule has 0 aromatic carbocycles. The van der Waals surface area contributed by atoms with Gasteiger partial charge in [-0.2, -0.15) is 0 Å². The molecule has 0 rings (SSSR count). The Morgan fingerprint density at radius 3 is 1.15 bits per heavy atom. The Morgan fingerprint density at radius 2 is 0.889 bits per heavy atom. The molecular weight excluding hydrogens is 447 g/mol. The average Bonchev–Trinajstić information content (AvgIpc) is 2.63. The van der Waals surface area contributed by atoms with E-state index in [0.717, 1.165) is 51.4 Å². The number of carbonyl (C=O) groups is 2. The fourth-order valence-electron chi connectivity index (χ4n) is 2.12. The van der Waals surface area contributed by atoms with Crippen molar-refractivity contribution in [2.75, 3.05) is 0 Å². The Kier molecular flexibility index (Phi) is 35.5. The predicted octanol–water partition coefficient (Wildman–Crippen LogP) is 4.54. The van der Waals surface area contributed by atoms with Crippen LogP contribution < -0.4 is 10.2 Å². The standard InChI is InChI=1S/2C7H14O2.2C4H9.Sn/c2*1-2-3-4-5-6-7(8)9;2*1-3-4-2;/h2*2-6H2,1H3,(H,8,9);2*1,3-4H2,2H3;/q;;;;+2/p-2. The molecule has 0 aliphatic rings. The van der Waals surface area contributed by atoms with Gasteiger partial charge >= 0.3 is 69.5 Å². The van der Waals surface area contributed by atoms with E-state index in [-0.39, 0.29) is 34.0 Å². The Labute approximate surface area is 179 Å². The molecular formula is C22H44O4Sn. The summed E-state index contributed by atoms with van der Waals surface area (Å²) in [4.78, 5) is 19.7. The van der Waals surface area contributed by atoms with E-state index in [4.69, 9.17) is 0 Å². The molecule has 0 saturated heterocycles. The number of carboxylic acid groups (broad SMARTS) is 2. The van der Waals surface area contributed by atoms with Gasteiger partial charge in [-0.25, -0.2) is 0 Å². The van der Waals surface area contributed by atoms with Crippen molar-refractivity contribution in [1.29, 1.82) is 0 Å². The molecule has 0 N–H and O–H groups in total. The zero-order valence-electron chi connectivity index (χ0n) is 18.4. The minimum absolute atomic E-state index is 0.149. The first-order valence-corrected chi connectivity index (χ1v) is 15.1. The summed E-state index contributed by atoms with van der Waals surface area (Å²) in [6.07, 6.45) is 14.4. The molecule has 0 bridgehead atoms. The molecule has 0 heterocycles. The third-order valence-electron chi connectivity index (χ3n) is 3.88. The number of carboxylic acids is 2. The van der Waals surface area contributed by atoms with E-state index in [0.29, 0.717) is 0 Å². The van der Waals surface area contributed by atoms with E-state index < -0.39 is 11.9 Å². The molecule has 0 aliphatic heterocycles. The molecule has 0 aliphatic carbocycles. The summed E-state index contributed by atoms with van der Waals surface area (Å²) in [5.74, 6) is -1.85. The van der Waals surface area contributed by atoms with Crippen molar-refractivity contribution in [3.05, 3.63) is 0 Å². The first-order valence-electron chi connectivity index (χ1n) is 11.1. The Morgan fingerprint density at radius 1 is 0.556 bits per heavy atom. The van der Waals surface area contributed by atoms with Gasteiger partial charge in [-0.3, -0.25) is 0 Å². The van der Waals surface area contributed by atoms with Gasteiger partial charge in [0.05, 0.1) is 0 Å². The van der Waals surface area contributed by atoms with Gasteiger partial charge in [-0.1, -0.05) is 52.4 Å². The number of aliphatic carboxylic acids is 2. The van der Waals surface area contributed by atoms with Crippen molar-refractivity contribution >= 4 is 33.1 Å². The molecule has 0 radical (unpaired) electrons. The molecule has 0 spiro atoms. The first kappa shape index (κ1) is 31.4. The number of rotatable bonds is 16. The molecule has 0 atom stereocenters. The van der Waals surface area contributed by atoms with E-state index >= 15 is 0 Å². The monoisotopic (exact) mass is 492 g/mol. The quantitative estimate of drug-likeness (QED) is 0.235. The second-order valence-electron chi connectivity index (χ2n) is 6.82. The molecule has 0 aromatic heterocycles. The number of unbranched alkanes of at least 4 members (excludes halogenated alkanes) is 8. The van der Waals surface area contributed by atoms with Crippen LogP contribution in [-0.2, 0) is 9.59 Å². The van der Waals surface area contributed by atoms with Crippen LogP contribution in [0.25, 0.3) is 0 Å². The van der Waals surface area contributed by atoms with Crippen LogP contribution in [0.4, 0.5) is 0 Å². The second kappa shape index (κ2) is 30.5. The van der Waals surface area contributed by atoms with E-state index in [1.54, 1.807) is 8.87 Å². The summed E-state index contributed by atoms with van der Waals surface area (Å²) < 4.78 is 3.25. The Hall–Kier alpha value is -0.261. The van der Waals surface area contributed by atoms with E-state index in [2.05, 4.69) is 27.7 Å². The van der Waals surface area contributed by atoms with Crippen molar-refractivity contribution in [2.24, 2.45) is 0 Å². The summed E-state index contributed by atoms with van der Waals surface area (Å²) in [5, 5.41) is 19.7. The van der Waals surface area contributed by atoms with Gasteiger partial charge in [-0.05, 0) is 25.7 Å². The molecule has 160 valence electrons. The van der Waals surface area contributed by atoms with Gasteiger partial charge in [0.1, 0.15) is 0 Å². The molecule has 0 aromatic rings. The van der Waals surface area contributed by atoms with Crippen LogP contribution in [0.1, 0.15) is 118 Å². The Balaban J connectivity index is -0.000000320. The van der Waals surface area contributed by atoms with Crippen molar-refractivity contribution in [2.45, 2.75) is 126 Å². The zero-order valence-corrected chi connectivity index (χ0v) is 21.3. The van der Waals surface area contributed by atoms with Crippen LogP contribution in [0.15, 0.2) is 0 Å². The SMILES string of the molecule is CCCCCCC(=O)[O-].CCCCCCC(=O)[O-].CCC[CH2][Sn+2][CH2]CCC. The summed E-state index contributed by atoms with van der Waals surface area (Å²) in [6.45, 7) is 8.77. The molecule has 5 heteroatoms. The normalized spacial score (nSPS) is 9.33. The fourth-order valence-corrected chi connectivity index (χ4v) is 6.28. The number of carbonyl (C=O) groups excluding carboxylic acids is 2. The second-order valence-corrected chi connectivity index (χ2v) is 11.1. The van der Waals surface area contributed by atoms with Gasteiger partial charge in [0, 0.05) is 11.9 Å². The summed E-state index contributed by atoms with van der Waals surface area (Å²) in [6, 6.07) is 0. The first-order chi connectivity index (χ1) is 13.0. The Bertz CT molecular complexity index is 268. The van der Waals surface area contributed by atoms with Crippen LogP contribution in [-0.4, -0.2) is 33.1 Å². The average molecular weight is 491 g/mol. The molecule has 0 amide bonds. The van der Waals surface area contributed by atoms with E-state index in [1.807, 2.05) is 0 Å². The maximum atomic E-state index is 9.85. The minimum atomic E-state index is -0.925. The predicted molar refractivity (Wildman–Crippen MR) is 113 cm³/mol. The number of hydrogen-bond donors (Lipinski definition) is 0. The van der Waals surface area contributed by atoms with Gasteiger partial charge in [0.2, 0.25) is 0 Å². The molecule has 0 unspecified atom stereocenters. The van der Waals surface area contributed by atoms with Crippen molar-refractivity contribution in [3.63, 3.8) is 0 Å². The van der Waals surface area contributed by atoms with Crippen LogP contribution in [0.3, 0.4) is 0 Å². The summed E-state index contributed by atoms with van der Waals surface area (Å²) in [7, 11) is 0. The van der Waals surface area contributed by atoms with Crippen molar-refractivity contribution in [1.82, 2.24) is 0 Å².